The molecule has 172 valence electrons. The van der Waals surface area contributed by atoms with E-state index in [1.807, 2.05) is 25.1 Å². The molecular formula is C24H23ClN2O5S. The number of hydrogen-bond acceptors (Lipinski definition) is 6. The fraction of sp³-hybridized carbons (Fsp3) is 0.292. The van der Waals surface area contributed by atoms with E-state index in [-0.39, 0.29) is 17.4 Å². The minimum atomic E-state index is -0.500. The number of benzene rings is 2. The predicted octanol–water partition coefficient (Wildman–Crippen LogP) is 4.37. The summed E-state index contributed by atoms with van der Waals surface area (Å²) in [7, 11) is 1.50. The molecule has 0 saturated carbocycles. The first-order chi connectivity index (χ1) is 15.9. The Labute approximate surface area is 201 Å². The van der Waals surface area contributed by atoms with Crippen molar-refractivity contribution >= 4 is 46.5 Å². The second-order valence-corrected chi connectivity index (χ2v) is 8.97. The zero-order valence-electron chi connectivity index (χ0n) is 18.3. The first-order valence-corrected chi connectivity index (χ1v) is 11.7. The topological polar surface area (TPSA) is 76.2 Å². The first kappa shape index (κ1) is 23.2. The highest BCUT2D eigenvalue weighted by Gasteiger charge is 2.37. The number of imide groups is 1. The van der Waals surface area contributed by atoms with Gasteiger partial charge < -0.3 is 14.4 Å². The molecule has 2 aliphatic heterocycles. The minimum Gasteiger partial charge on any atom is -0.493 e. The van der Waals surface area contributed by atoms with Crippen molar-refractivity contribution in [2.75, 3.05) is 26.8 Å². The number of rotatable bonds is 6. The molecule has 7 nitrogen and oxygen atoms in total. The quantitative estimate of drug-likeness (QED) is 0.564. The molecule has 0 aliphatic carbocycles. The Balaban J connectivity index is 1.48. The summed E-state index contributed by atoms with van der Waals surface area (Å²) in [4.78, 5) is 41.2. The normalized spacial score (nSPS) is 16.9. The second kappa shape index (κ2) is 9.89. The molecule has 2 heterocycles. The molecule has 0 radical (unpaired) electrons. The van der Waals surface area contributed by atoms with E-state index >= 15 is 0 Å². The predicted molar refractivity (Wildman–Crippen MR) is 127 cm³/mol. The average molecular weight is 487 g/mol. The van der Waals surface area contributed by atoms with Gasteiger partial charge in [-0.2, -0.15) is 0 Å². The van der Waals surface area contributed by atoms with Gasteiger partial charge in [0.15, 0.2) is 11.5 Å². The van der Waals surface area contributed by atoms with Crippen molar-refractivity contribution in [1.29, 1.82) is 0 Å². The Morgan fingerprint density at radius 1 is 1.21 bits per heavy atom. The van der Waals surface area contributed by atoms with Crippen LogP contribution in [0.2, 0.25) is 5.02 Å². The van der Waals surface area contributed by atoms with Crippen LogP contribution in [0.15, 0.2) is 41.3 Å². The molecule has 1 fully saturated rings. The van der Waals surface area contributed by atoms with Gasteiger partial charge in [-0.25, -0.2) is 0 Å². The lowest BCUT2D eigenvalue weighted by molar-refractivity contribution is -0.136. The van der Waals surface area contributed by atoms with Crippen LogP contribution in [-0.4, -0.2) is 53.7 Å². The average Bonchev–Trinajstić information content (AvgIpc) is 3.07. The minimum absolute atomic E-state index is 0.221. The number of amides is 3. The number of hydrogen-bond donors (Lipinski definition) is 0. The smallest absolute Gasteiger partial charge is 0.294 e. The molecule has 1 saturated heterocycles. The molecule has 0 unspecified atom stereocenters. The van der Waals surface area contributed by atoms with Crippen LogP contribution in [0.25, 0.3) is 6.08 Å². The lowest BCUT2D eigenvalue weighted by Gasteiger charge is -2.29. The number of halogens is 1. The van der Waals surface area contributed by atoms with Gasteiger partial charge >= 0.3 is 0 Å². The fourth-order valence-electron chi connectivity index (χ4n) is 3.84. The molecule has 0 aromatic heterocycles. The van der Waals surface area contributed by atoms with Crippen molar-refractivity contribution in [3.63, 3.8) is 0 Å². The molecule has 2 aliphatic rings. The maximum atomic E-state index is 12.9. The molecule has 9 heteroatoms. The van der Waals surface area contributed by atoms with Crippen LogP contribution in [0.3, 0.4) is 0 Å². The van der Waals surface area contributed by atoms with Gasteiger partial charge in [0.2, 0.25) is 5.91 Å². The van der Waals surface area contributed by atoms with Crippen LogP contribution in [-0.2, 0) is 22.6 Å². The maximum absolute atomic E-state index is 12.9. The van der Waals surface area contributed by atoms with Gasteiger partial charge in [-0.1, -0.05) is 35.9 Å². The van der Waals surface area contributed by atoms with Crippen LogP contribution >= 0.6 is 23.4 Å². The summed E-state index contributed by atoms with van der Waals surface area (Å²) < 4.78 is 10.8. The van der Waals surface area contributed by atoms with E-state index in [1.165, 1.54) is 12.7 Å². The Hall–Kier alpha value is -2.97. The van der Waals surface area contributed by atoms with Crippen LogP contribution in [0.5, 0.6) is 11.5 Å². The third-order valence-electron chi connectivity index (χ3n) is 5.49. The Morgan fingerprint density at radius 2 is 1.97 bits per heavy atom. The van der Waals surface area contributed by atoms with Gasteiger partial charge in [0.1, 0.15) is 6.54 Å². The van der Waals surface area contributed by atoms with Gasteiger partial charge in [-0.15, -0.1) is 0 Å². The van der Waals surface area contributed by atoms with Crippen molar-refractivity contribution in [1.82, 2.24) is 9.80 Å². The number of ether oxygens (including phenoxy) is 2. The number of nitrogens with zero attached hydrogens (tertiary/aromatic N) is 2. The maximum Gasteiger partial charge on any atom is 0.294 e. The zero-order valence-corrected chi connectivity index (χ0v) is 19.9. The molecule has 3 amide bonds. The third kappa shape index (κ3) is 4.86. The molecule has 0 N–H and O–H groups in total. The summed E-state index contributed by atoms with van der Waals surface area (Å²) in [5.74, 6) is 0.0922. The van der Waals surface area contributed by atoms with E-state index in [1.54, 1.807) is 23.1 Å². The Kier molecular flexibility index (Phi) is 6.95. The molecule has 0 bridgehead atoms. The van der Waals surface area contributed by atoms with Crippen LogP contribution < -0.4 is 9.47 Å². The summed E-state index contributed by atoms with van der Waals surface area (Å²) in [5, 5.41) is -0.136. The molecule has 0 spiro atoms. The number of methoxy groups -OCH3 is 1. The Bertz CT molecular complexity index is 1150. The van der Waals surface area contributed by atoms with Gasteiger partial charge in [0, 0.05) is 13.1 Å². The van der Waals surface area contributed by atoms with Crippen molar-refractivity contribution < 1.29 is 23.9 Å². The zero-order chi connectivity index (χ0) is 23.5. The summed E-state index contributed by atoms with van der Waals surface area (Å²) in [6, 6.07) is 11.3. The molecule has 0 atom stereocenters. The highest BCUT2D eigenvalue weighted by molar-refractivity contribution is 8.18. The number of fused-ring (bicyclic) bond motifs is 1. The van der Waals surface area contributed by atoms with E-state index < -0.39 is 11.1 Å². The van der Waals surface area contributed by atoms with Crippen molar-refractivity contribution in [2.45, 2.75) is 19.9 Å². The molecule has 2 aromatic carbocycles. The second-order valence-electron chi connectivity index (χ2n) is 7.57. The van der Waals surface area contributed by atoms with E-state index in [4.69, 9.17) is 21.1 Å². The van der Waals surface area contributed by atoms with Crippen LogP contribution in [0.4, 0.5) is 4.79 Å². The van der Waals surface area contributed by atoms with E-state index in [0.29, 0.717) is 41.8 Å². The van der Waals surface area contributed by atoms with Crippen molar-refractivity contribution in [3.05, 3.63) is 63.0 Å². The summed E-state index contributed by atoms with van der Waals surface area (Å²) in [6.07, 6.45) is 2.32. The standard InChI is InChI=1S/C24H23ClN2O5S/c1-3-32-22-18(25)10-15(11-19(22)31-2)12-20-23(29)27(24(30)33-20)14-21(28)26-9-8-16-6-4-5-7-17(16)13-26/h4-7,10-12H,3,8-9,13-14H2,1-2H3/b20-12-. The van der Waals surface area contributed by atoms with Crippen LogP contribution in [0.1, 0.15) is 23.6 Å². The summed E-state index contributed by atoms with van der Waals surface area (Å²) in [6.45, 7) is 3.02. The highest BCUT2D eigenvalue weighted by Crippen LogP contribution is 2.39. The molecule has 33 heavy (non-hydrogen) atoms. The van der Waals surface area contributed by atoms with E-state index in [2.05, 4.69) is 6.07 Å². The van der Waals surface area contributed by atoms with Gasteiger partial charge in [0.25, 0.3) is 11.1 Å². The molecular weight excluding hydrogens is 464 g/mol. The Morgan fingerprint density at radius 3 is 2.70 bits per heavy atom. The third-order valence-corrected chi connectivity index (χ3v) is 6.68. The number of thioether (sulfide) groups is 1. The lowest BCUT2D eigenvalue weighted by atomic mass is 10.00. The highest BCUT2D eigenvalue weighted by atomic mass is 35.5. The van der Waals surface area contributed by atoms with Crippen molar-refractivity contribution in [3.8, 4) is 11.5 Å². The summed E-state index contributed by atoms with van der Waals surface area (Å²) >= 11 is 7.11. The van der Waals surface area contributed by atoms with E-state index in [9.17, 15) is 14.4 Å². The van der Waals surface area contributed by atoms with Crippen molar-refractivity contribution in [2.24, 2.45) is 0 Å². The largest absolute Gasteiger partial charge is 0.493 e. The van der Waals surface area contributed by atoms with Gasteiger partial charge in [-0.05, 0) is 60.0 Å². The number of carbonyl (C=O) groups is 3. The van der Waals surface area contributed by atoms with E-state index in [0.717, 1.165) is 28.6 Å². The van der Waals surface area contributed by atoms with Crippen LogP contribution in [0, 0.1) is 0 Å². The lowest BCUT2D eigenvalue weighted by Crippen LogP contribution is -2.44. The fourth-order valence-corrected chi connectivity index (χ4v) is 4.95. The number of carbonyl (C=O) groups excluding carboxylic acids is 3. The van der Waals surface area contributed by atoms with Gasteiger partial charge in [-0.3, -0.25) is 19.3 Å². The van der Waals surface area contributed by atoms with Gasteiger partial charge in [0.05, 0.1) is 23.6 Å². The monoisotopic (exact) mass is 486 g/mol. The first-order valence-electron chi connectivity index (χ1n) is 10.5. The summed E-state index contributed by atoms with van der Waals surface area (Å²) in [5.41, 5.74) is 2.90. The molecule has 2 aromatic rings. The molecule has 4 rings (SSSR count). The SMILES string of the molecule is CCOc1c(Cl)cc(/C=C2\SC(=O)N(CC(=O)N3CCc4ccccc4C3)C2=O)cc1OC.